The molecule has 0 aromatic heterocycles. The Morgan fingerprint density at radius 3 is 2.31 bits per heavy atom. The zero-order valence-corrected chi connectivity index (χ0v) is 8.56. The van der Waals surface area contributed by atoms with Crippen molar-refractivity contribution in [3.8, 4) is 0 Å². The fraction of sp³-hybridized carbons (Fsp3) is 0.556. The smallest absolute Gasteiger partial charge is 0.332 e. The Balaban J connectivity index is 1.98. The number of carbonyl (C=O) groups excluding carboxylic acids is 4. The molecule has 2 aliphatic rings. The highest BCUT2D eigenvalue weighted by molar-refractivity contribution is 6.45. The Kier molecular flexibility index (Phi) is 2.59. The minimum atomic E-state index is -0.973. The van der Waals surface area contributed by atoms with Crippen LogP contribution in [0.2, 0.25) is 0 Å². The van der Waals surface area contributed by atoms with Crippen LogP contribution in [0.1, 0.15) is 12.8 Å². The van der Waals surface area contributed by atoms with Crippen LogP contribution in [-0.2, 0) is 14.4 Å². The molecule has 0 atom stereocenters. The van der Waals surface area contributed by atoms with E-state index < -0.39 is 17.8 Å². The van der Waals surface area contributed by atoms with Crippen LogP contribution in [0, 0.1) is 0 Å². The number of carbonyl (C=O) groups is 4. The van der Waals surface area contributed by atoms with Gasteiger partial charge in [-0.05, 0) is 12.8 Å². The molecule has 0 unspecified atom stereocenters. The number of nitrogens with zero attached hydrogens (tertiary/aromatic N) is 2. The molecular formula is C9H11N3O4. The average molecular weight is 225 g/mol. The number of hydrogen-bond acceptors (Lipinski definition) is 4. The van der Waals surface area contributed by atoms with Crippen molar-refractivity contribution >= 4 is 23.8 Å². The van der Waals surface area contributed by atoms with Crippen LogP contribution < -0.4 is 5.32 Å². The lowest BCUT2D eigenvalue weighted by atomic mass is 10.4. The van der Waals surface area contributed by atoms with E-state index in [4.69, 9.17) is 0 Å². The molecule has 0 aromatic carbocycles. The first kappa shape index (κ1) is 10.6. The van der Waals surface area contributed by atoms with E-state index in [0.717, 1.165) is 12.8 Å². The summed E-state index contributed by atoms with van der Waals surface area (Å²) in [6.45, 7) is 0.948. The zero-order valence-electron chi connectivity index (χ0n) is 8.56. The Morgan fingerprint density at radius 1 is 1.19 bits per heavy atom. The van der Waals surface area contributed by atoms with Gasteiger partial charge in [0.05, 0.1) is 0 Å². The maximum Gasteiger partial charge on any atom is 0.332 e. The number of likely N-dealkylation sites (tertiary alicyclic amines) is 1. The van der Waals surface area contributed by atoms with Crippen LogP contribution in [0.3, 0.4) is 0 Å². The fourth-order valence-electron chi connectivity index (χ4n) is 1.78. The maximum atomic E-state index is 11.6. The number of hydrogen-bond donors (Lipinski definition) is 1. The summed E-state index contributed by atoms with van der Waals surface area (Å²) in [5.74, 6) is -2.23. The molecule has 0 spiro atoms. The molecule has 0 radical (unpaired) electrons. The summed E-state index contributed by atoms with van der Waals surface area (Å²) >= 11 is 0. The lowest BCUT2D eigenvalue weighted by molar-refractivity contribution is -0.142. The van der Waals surface area contributed by atoms with Crippen LogP contribution in [0.4, 0.5) is 4.79 Å². The van der Waals surface area contributed by atoms with Crippen LogP contribution in [-0.4, -0.2) is 53.2 Å². The second-order valence-corrected chi connectivity index (χ2v) is 3.74. The Hall–Kier alpha value is -1.92. The van der Waals surface area contributed by atoms with E-state index in [2.05, 4.69) is 0 Å². The largest absolute Gasteiger partial charge is 0.341 e. The van der Waals surface area contributed by atoms with Gasteiger partial charge < -0.3 is 4.90 Å². The third kappa shape index (κ3) is 1.75. The van der Waals surface area contributed by atoms with Crippen molar-refractivity contribution in [3.63, 3.8) is 0 Å². The average Bonchev–Trinajstić information content (AvgIpc) is 2.83. The standard InChI is InChI=1S/C9H11N3O4/c13-6(11-3-1-2-4-11)5-12-8(15)7(14)10-9(12)16/h1-5H2,(H,10,14,16). The van der Waals surface area contributed by atoms with E-state index in [1.807, 2.05) is 5.32 Å². The number of rotatable bonds is 2. The van der Waals surface area contributed by atoms with Crippen molar-refractivity contribution in [3.05, 3.63) is 0 Å². The van der Waals surface area contributed by atoms with Gasteiger partial charge in [0.1, 0.15) is 6.54 Å². The quantitative estimate of drug-likeness (QED) is 0.467. The predicted octanol–water partition coefficient (Wildman–Crippen LogP) is -1.31. The van der Waals surface area contributed by atoms with Crippen LogP contribution >= 0.6 is 0 Å². The minimum Gasteiger partial charge on any atom is -0.341 e. The van der Waals surface area contributed by atoms with Gasteiger partial charge in [-0.3, -0.25) is 19.7 Å². The number of amides is 5. The lowest BCUT2D eigenvalue weighted by Crippen LogP contribution is -2.42. The van der Waals surface area contributed by atoms with E-state index in [0.29, 0.717) is 18.0 Å². The highest BCUT2D eigenvalue weighted by Gasteiger charge is 2.38. The van der Waals surface area contributed by atoms with Crippen LogP contribution in [0.25, 0.3) is 0 Å². The van der Waals surface area contributed by atoms with E-state index in [-0.39, 0.29) is 12.5 Å². The summed E-state index contributed by atoms with van der Waals surface area (Å²) in [6.07, 6.45) is 1.87. The van der Waals surface area contributed by atoms with Crippen LogP contribution in [0.15, 0.2) is 0 Å². The van der Waals surface area contributed by atoms with E-state index in [1.54, 1.807) is 4.90 Å². The molecule has 7 heteroatoms. The van der Waals surface area contributed by atoms with Gasteiger partial charge in [0.25, 0.3) is 0 Å². The molecule has 0 aromatic rings. The molecule has 7 nitrogen and oxygen atoms in total. The van der Waals surface area contributed by atoms with Crippen molar-refractivity contribution in [1.82, 2.24) is 15.1 Å². The van der Waals surface area contributed by atoms with Gasteiger partial charge in [0.15, 0.2) is 0 Å². The summed E-state index contributed by atoms with van der Waals surface area (Å²) in [5.41, 5.74) is 0. The molecule has 5 amide bonds. The van der Waals surface area contributed by atoms with Crippen LogP contribution in [0.5, 0.6) is 0 Å². The van der Waals surface area contributed by atoms with E-state index in [1.165, 1.54) is 0 Å². The Morgan fingerprint density at radius 2 is 1.81 bits per heavy atom. The molecule has 1 N–H and O–H groups in total. The van der Waals surface area contributed by atoms with Gasteiger partial charge in [0.2, 0.25) is 5.91 Å². The van der Waals surface area contributed by atoms with Gasteiger partial charge in [-0.2, -0.15) is 0 Å². The highest BCUT2D eigenvalue weighted by Crippen LogP contribution is 2.09. The van der Waals surface area contributed by atoms with Gasteiger partial charge in [-0.15, -0.1) is 0 Å². The third-order valence-corrected chi connectivity index (χ3v) is 2.66. The summed E-state index contributed by atoms with van der Waals surface area (Å²) in [6, 6.07) is -0.817. The molecule has 2 fully saturated rings. The number of nitrogens with one attached hydrogen (secondary N) is 1. The number of imide groups is 2. The van der Waals surface area contributed by atoms with Crippen molar-refractivity contribution in [2.45, 2.75) is 12.8 Å². The lowest BCUT2D eigenvalue weighted by Gasteiger charge is -2.18. The Labute approximate surface area is 91.4 Å². The summed E-state index contributed by atoms with van der Waals surface area (Å²) in [7, 11) is 0. The monoisotopic (exact) mass is 225 g/mol. The molecule has 0 bridgehead atoms. The van der Waals surface area contributed by atoms with Gasteiger partial charge in [-0.1, -0.05) is 0 Å². The zero-order chi connectivity index (χ0) is 11.7. The molecule has 0 saturated carbocycles. The fourth-order valence-corrected chi connectivity index (χ4v) is 1.78. The predicted molar refractivity (Wildman–Crippen MR) is 51.1 cm³/mol. The van der Waals surface area contributed by atoms with E-state index in [9.17, 15) is 19.2 Å². The first-order chi connectivity index (χ1) is 7.59. The SMILES string of the molecule is O=C1NC(=O)N(CC(=O)N2CCCC2)C1=O. The van der Waals surface area contributed by atoms with Crippen molar-refractivity contribution in [2.24, 2.45) is 0 Å². The second kappa shape index (κ2) is 3.92. The topological polar surface area (TPSA) is 86.8 Å². The first-order valence-electron chi connectivity index (χ1n) is 5.04. The summed E-state index contributed by atoms with van der Waals surface area (Å²) in [4.78, 5) is 47.1. The molecule has 86 valence electrons. The molecule has 16 heavy (non-hydrogen) atoms. The molecular weight excluding hydrogens is 214 g/mol. The van der Waals surface area contributed by atoms with E-state index >= 15 is 0 Å². The number of urea groups is 1. The van der Waals surface area contributed by atoms with Gasteiger partial charge >= 0.3 is 17.8 Å². The normalized spacial score (nSPS) is 20.6. The second-order valence-electron chi connectivity index (χ2n) is 3.74. The molecule has 2 heterocycles. The highest BCUT2D eigenvalue weighted by atomic mass is 16.2. The minimum absolute atomic E-state index is 0.296. The Bertz CT molecular complexity index is 373. The molecule has 2 rings (SSSR count). The van der Waals surface area contributed by atoms with Crippen molar-refractivity contribution in [2.75, 3.05) is 19.6 Å². The van der Waals surface area contributed by atoms with Gasteiger partial charge in [0, 0.05) is 13.1 Å². The maximum absolute atomic E-state index is 11.6. The summed E-state index contributed by atoms with van der Waals surface area (Å²) < 4.78 is 0. The van der Waals surface area contributed by atoms with Gasteiger partial charge in [-0.25, -0.2) is 9.69 Å². The first-order valence-corrected chi connectivity index (χ1v) is 5.04. The van der Waals surface area contributed by atoms with Crippen molar-refractivity contribution < 1.29 is 19.2 Å². The third-order valence-electron chi connectivity index (χ3n) is 2.66. The molecule has 2 saturated heterocycles. The molecule has 0 aliphatic carbocycles. The summed E-state index contributed by atoms with van der Waals surface area (Å²) in [5, 5.41) is 1.84. The van der Waals surface area contributed by atoms with Crippen molar-refractivity contribution in [1.29, 1.82) is 0 Å². The molecule has 2 aliphatic heterocycles.